The van der Waals surface area contributed by atoms with Gasteiger partial charge in [0, 0.05) is 11.3 Å². The van der Waals surface area contributed by atoms with E-state index in [1.54, 1.807) is 25.1 Å². The average Bonchev–Trinajstić information content (AvgIpc) is 3.19. The monoisotopic (exact) mass is 480 g/mol. The zero-order chi connectivity index (χ0) is 22.6. The van der Waals surface area contributed by atoms with Crippen LogP contribution in [0.1, 0.15) is 33.2 Å². The molecule has 0 aliphatic carbocycles. The number of sulfonamides is 1. The van der Waals surface area contributed by atoms with Crippen LogP contribution in [0.3, 0.4) is 0 Å². The normalized spacial score (nSPS) is 11.1. The molecule has 2 N–H and O–H groups in total. The van der Waals surface area contributed by atoms with Crippen molar-refractivity contribution in [1.82, 2.24) is 10.2 Å². The van der Waals surface area contributed by atoms with Crippen molar-refractivity contribution in [1.29, 1.82) is 0 Å². The van der Waals surface area contributed by atoms with Crippen molar-refractivity contribution >= 4 is 55.7 Å². The van der Waals surface area contributed by atoms with E-state index in [1.807, 2.05) is 13.0 Å². The molecule has 1 amide bonds. The van der Waals surface area contributed by atoms with Crippen LogP contribution in [0, 0.1) is 6.92 Å². The molecule has 0 fully saturated rings. The van der Waals surface area contributed by atoms with Crippen LogP contribution >= 0.6 is 22.9 Å². The Bertz CT molecular complexity index is 1240. The lowest BCUT2D eigenvalue weighted by molar-refractivity contribution is 0.0526. The van der Waals surface area contributed by atoms with Crippen molar-refractivity contribution < 1.29 is 22.7 Å². The van der Waals surface area contributed by atoms with E-state index in [1.165, 1.54) is 18.2 Å². The van der Waals surface area contributed by atoms with Gasteiger partial charge in [-0.15, -0.1) is 10.2 Å². The molecule has 0 saturated heterocycles. The van der Waals surface area contributed by atoms with Crippen molar-refractivity contribution in [3.8, 4) is 0 Å². The lowest BCUT2D eigenvalue weighted by Crippen LogP contribution is -2.14. The number of aromatic nitrogens is 2. The summed E-state index contributed by atoms with van der Waals surface area (Å²) in [5, 5.41) is 10.0. The zero-order valence-corrected chi connectivity index (χ0v) is 18.8. The van der Waals surface area contributed by atoms with Gasteiger partial charge in [-0.05, 0) is 44.2 Å². The molecule has 0 bridgehead atoms. The molecule has 3 rings (SSSR count). The summed E-state index contributed by atoms with van der Waals surface area (Å²) in [5.41, 5.74) is 1.42. The number of carbonyl (C=O) groups is 2. The van der Waals surface area contributed by atoms with Gasteiger partial charge in [0.15, 0.2) is 0 Å². The predicted octanol–water partition coefficient (Wildman–Crippen LogP) is 3.73. The number of hydrogen-bond donors (Lipinski definition) is 2. The number of aryl methyl sites for hydroxylation is 1. The van der Waals surface area contributed by atoms with E-state index in [0.717, 1.165) is 5.56 Å². The summed E-state index contributed by atoms with van der Waals surface area (Å²) in [6, 6.07) is 10.9. The Labute approximate surface area is 187 Å². The molecule has 31 heavy (non-hydrogen) atoms. The molecule has 9 nitrogen and oxygen atoms in total. The van der Waals surface area contributed by atoms with E-state index in [0.29, 0.717) is 16.9 Å². The van der Waals surface area contributed by atoms with Crippen LogP contribution in [-0.2, 0) is 14.8 Å². The van der Waals surface area contributed by atoms with Gasteiger partial charge >= 0.3 is 5.97 Å². The first-order chi connectivity index (χ1) is 14.7. The van der Waals surface area contributed by atoms with E-state index in [9.17, 15) is 18.0 Å². The molecule has 1 heterocycles. The van der Waals surface area contributed by atoms with Crippen LogP contribution in [0.2, 0.25) is 5.02 Å². The third-order valence-corrected chi connectivity index (χ3v) is 6.77. The van der Waals surface area contributed by atoms with Crippen LogP contribution in [0.5, 0.6) is 0 Å². The van der Waals surface area contributed by atoms with Crippen molar-refractivity contribution in [2.45, 2.75) is 18.2 Å². The molecule has 1 aromatic heterocycles. The minimum Gasteiger partial charge on any atom is -0.462 e. The van der Waals surface area contributed by atoms with E-state index < -0.39 is 21.9 Å². The van der Waals surface area contributed by atoms with Crippen molar-refractivity contribution in [2.75, 3.05) is 16.6 Å². The van der Waals surface area contributed by atoms with Crippen LogP contribution in [0.25, 0.3) is 0 Å². The minimum atomic E-state index is -4.12. The lowest BCUT2D eigenvalue weighted by Gasteiger charge is -2.08. The van der Waals surface area contributed by atoms with Gasteiger partial charge in [-0.2, -0.15) is 8.42 Å². The van der Waals surface area contributed by atoms with E-state index in [2.05, 4.69) is 20.2 Å². The van der Waals surface area contributed by atoms with Gasteiger partial charge in [-0.25, -0.2) is 4.79 Å². The summed E-state index contributed by atoms with van der Waals surface area (Å²) >= 11 is 6.67. The van der Waals surface area contributed by atoms with Gasteiger partial charge in [0.1, 0.15) is 0 Å². The van der Waals surface area contributed by atoms with Gasteiger partial charge < -0.3 is 4.74 Å². The first-order valence-corrected chi connectivity index (χ1v) is 11.6. The third-order valence-electron chi connectivity index (χ3n) is 3.85. The molecule has 0 spiro atoms. The molecule has 0 atom stereocenters. The number of carbonyl (C=O) groups excluding carboxylic acids is 2. The number of ether oxygens (including phenoxy) is 1. The Balaban J connectivity index is 1.76. The maximum atomic E-state index is 12.6. The van der Waals surface area contributed by atoms with Crippen molar-refractivity contribution in [3.63, 3.8) is 0 Å². The topological polar surface area (TPSA) is 127 Å². The summed E-state index contributed by atoms with van der Waals surface area (Å²) < 4.78 is 32.1. The molecule has 3 aromatic rings. The Kier molecular flexibility index (Phi) is 6.88. The standard InChI is InChI=1S/C19H17ClN4O5S2/c1-3-29-17(26)14-10-13(7-8-15(14)20)24-31(27,28)19-23-22-18(30-19)21-16(25)12-6-4-5-11(2)9-12/h4-10,24H,3H2,1-2H3,(H,21,22,25). The molecule has 0 unspecified atom stereocenters. The Morgan fingerprint density at radius 3 is 2.65 bits per heavy atom. The van der Waals surface area contributed by atoms with Gasteiger partial charge in [-0.3, -0.25) is 14.8 Å². The first kappa shape index (κ1) is 22.7. The molecule has 0 aliphatic heterocycles. The second-order valence-corrected chi connectivity index (χ2v) is 9.46. The van der Waals surface area contributed by atoms with Crippen LogP contribution in [-0.4, -0.2) is 37.1 Å². The van der Waals surface area contributed by atoms with Crippen molar-refractivity contribution in [3.05, 3.63) is 64.2 Å². The summed E-state index contributed by atoms with van der Waals surface area (Å²) in [4.78, 5) is 24.3. The fourth-order valence-electron chi connectivity index (χ4n) is 2.48. The molecule has 12 heteroatoms. The highest BCUT2D eigenvalue weighted by molar-refractivity contribution is 7.94. The fraction of sp³-hybridized carbons (Fsp3) is 0.158. The number of anilines is 2. The average molecular weight is 481 g/mol. The van der Waals surface area contributed by atoms with Gasteiger partial charge in [-0.1, -0.05) is 40.6 Å². The number of amides is 1. The minimum absolute atomic E-state index is 0.0205. The van der Waals surface area contributed by atoms with Gasteiger partial charge in [0.2, 0.25) is 5.13 Å². The number of nitrogens with one attached hydrogen (secondary N) is 2. The molecule has 162 valence electrons. The van der Waals surface area contributed by atoms with E-state index in [4.69, 9.17) is 16.3 Å². The van der Waals surface area contributed by atoms with Crippen LogP contribution in [0.15, 0.2) is 46.8 Å². The molecule has 0 aliphatic rings. The largest absolute Gasteiger partial charge is 0.462 e. The van der Waals surface area contributed by atoms with Gasteiger partial charge in [0.25, 0.3) is 20.3 Å². The number of rotatable bonds is 7. The molecular weight excluding hydrogens is 464 g/mol. The molecular formula is C19H17ClN4O5S2. The summed E-state index contributed by atoms with van der Waals surface area (Å²) in [7, 11) is -4.12. The number of halogens is 1. The summed E-state index contributed by atoms with van der Waals surface area (Å²) in [6.45, 7) is 3.64. The Morgan fingerprint density at radius 2 is 1.94 bits per heavy atom. The Morgan fingerprint density at radius 1 is 1.16 bits per heavy atom. The van der Waals surface area contributed by atoms with E-state index in [-0.39, 0.29) is 32.4 Å². The zero-order valence-electron chi connectivity index (χ0n) is 16.4. The second kappa shape index (κ2) is 9.41. The van der Waals surface area contributed by atoms with Gasteiger partial charge in [0.05, 0.1) is 17.2 Å². The highest BCUT2D eigenvalue weighted by Gasteiger charge is 2.22. The quantitative estimate of drug-likeness (QED) is 0.389. The number of hydrogen-bond acceptors (Lipinski definition) is 8. The first-order valence-electron chi connectivity index (χ1n) is 8.90. The maximum absolute atomic E-state index is 12.6. The smallest absolute Gasteiger partial charge is 0.339 e. The third kappa shape index (κ3) is 5.57. The second-order valence-electron chi connectivity index (χ2n) is 6.22. The highest BCUT2D eigenvalue weighted by Crippen LogP contribution is 2.26. The van der Waals surface area contributed by atoms with E-state index >= 15 is 0 Å². The SMILES string of the molecule is CCOC(=O)c1cc(NS(=O)(=O)c2nnc(NC(=O)c3cccc(C)c3)s2)ccc1Cl. The number of benzene rings is 2. The lowest BCUT2D eigenvalue weighted by atomic mass is 10.1. The molecule has 0 radical (unpaired) electrons. The summed E-state index contributed by atoms with van der Waals surface area (Å²) in [5.74, 6) is -1.11. The Hall–Kier alpha value is -3.02. The van der Waals surface area contributed by atoms with Crippen LogP contribution in [0.4, 0.5) is 10.8 Å². The van der Waals surface area contributed by atoms with Crippen LogP contribution < -0.4 is 10.0 Å². The predicted molar refractivity (Wildman–Crippen MR) is 117 cm³/mol. The molecule has 0 saturated carbocycles. The number of esters is 1. The summed E-state index contributed by atoms with van der Waals surface area (Å²) in [6.07, 6.45) is 0. The number of nitrogens with zero attached hydrogens (tertiary/aromatic N) is 2. The highest BCUT2D eigenvalue weighted by atomic mass is 35.5. The fourth-order valence-corrected chi connectivity index (χ4v) is 4.62. The maximum Gasteiger partial charge on any atom is 0.339 e. The van der Waals surface area contributed by atoms with Crippen molar-refractivity contribution in [2.24, 2.45) is 0 Å². The molecule has 2 aromatic carbocycles.